The topological polar surface area (TPSA) is 82.7 Å². The molecule has 2 fully saturated rings. The lowest BCUT2D eigenvalue weighted by atomic mass is 10.3. The van der Waals surface area contributed by atoms with Gasteiger partial charge in [-0.3, -0.25) is 14.6 Å². The van der Waals surface area contributed by atoms with E-state index in [0.29, 0.717) is 18.4 Å². The average molecular weight is 266 g/mol. The van der Waals surface area contributed by atoms with Crippen LogP contribution in [0.25, 0.3) is 0 Å². The van der Waals surface area contributed by atoms with Gasteiger partial charge in [-0.1, -0.05) is 5.16 Å². The van der Waals surface area contributed by atoms with Gasteiger partial charge in [0.1, 0.15) is 0 Å². The molecule has 0 atom stereocenters. The summed E-state index contributed by atoms with van der Waals surface area (Å²) in [7, 11) is 0. The predicted octanol–water partition coefficient (Wildman–Crippen LogP) is 0.149. The number of carboxylic acids is 1. The third-order valence-electron chi connectivity index (χ3n) is 3.61. The van der Waals surface area contributed by atoms with Crippen molar-refractivity contribution in [2.45, 2.75) is 25.3 Å². The molecule has 2 aliphatic rings. The number of aromatic nitrogens is 2. The Morgan fingerprint density at radius 1 is 1.26 bits per heavy atom. The summed E-state index contributed by atoms with van der Waals surface area (Å²) in [5.74, 6) is 1.28. The Kier molecular flexibility index (Phi) is 3.48. The van der Waals surface area contributed by atoms with Gasteiger partial charge in [-0.15, -0.1) is 0 Å². The number of rotatable bonds is 5. The molecule has 104 valence electrons. The first-order chi connectivity index (χ1) is 9.20. The zero-order valence-corrected chi connectivity index (χ0v) is 10.8. The maximum absolute atomic E-state index is 10.6. The van der Waals surface area contributed by atoms with Gasteiger partial charge in [0.15, 0.2) is 5.82 Å². The monoisotopic (exact) mass is 266 g/mol. The second-order valence-corrected chi connectivity index (χ2v) is 5.27. The normalized spacial score (nSPS) is 21.7. The largest absolute Gasteiger partial charge is 0.480 e. The van der Waals surface area contributed by atoms with E-state index in [-0.39, 0.29) is 6.54 Å². The molecule has 0 unspecified atom stereocenters. The van der Waals surface area contributed by atoms with E-state index in [0.717, 1.165) is 32.0 Å². The van der Waals surface area contributed by atoms with Crippen LogP contribution in [0.5, 0.6) is 0 Å². The van der Waals surface area contributed by atoms with Crippen LogP contribution in [0.2, 0.25) is 0 Å². The molecule has 0 spiro atoms. The molecule has 1 saturated carbocycles. The third-order valence-corrected chi connectivity index (χ3v) is 3.61. The summed E-state index contributed by atoms with van der Waals surface area (Å²) >= 11 is 0. The first-order valence-electron chi connectivity index (χ1n) is 6.69. The van der Waals surface area contributed by atoms with Crippen molar-refractivity contribution in [2.75, 3.05) is 32.7 Å². The van der Waals surface area contributed by atoms with Crippen LogP contribution in [0.4, 0.5) is 0 Å². The van der Waals surface area contributed by atoms with Crippen molar-refractivity contribution in [1.82, 2.24) is 19.9 Å². The van der Waals surface area contributed by atoms with Crippen LogP contribution in [0.1, 0.15) is 30.5 Å². The molecule has 1 aliphatic carbocycles. The average Bonchev–Trinajstić information content (AvgIpc) is 3.12. The van der Waals surface area contributed by atoms with Crippen molar-refractivity contribution in [1.29, 1.82) is 0 Å². The molecular formula is C12H18N4O3. The Morgan fingerprint density at radius 2 is 1.95 bits per heavy atom. The van der Waals surface area contributed by atoms with Crippen molar-refractivity contribution < 1.29 is 14.4 Å². The lowest BCUT2D eigenvalue weighted by Gasteiger charge is -2.32. The predicted molar refractivity (Wildman–Crippen MR) is 65.6 cm³/mol. The molecule has 0 bridgehead atoms. The Hall–Kier alpha value is -1.47. The molecule has 1 aromatic heterocycles. The van der Waals surface area contributed by atoms with E-state index in [4.69, 9.17) is 9.63 Å². The van der Waals surface area contributed by atoms with Gasteiger partial charge in [-0.2, -0.15) is 4.98 Å². The lowest BCUT2D eigenvalue weighted by molar-refractivity contribution is -0.138. The Morgan fingerprint density at radius 3 is 2.58 bits per heavy atom. The molecule has 0 amide bonds. The molecular weight excluding hydrogens is 248 g/mol. The van der Waals surface area contributed by atoms with E-state index in [1.54, 1.807) is 0 Å². The standard InChI is InChI=1S/C12H18N4O3/c17-11(18)8-16-5-3-15(4-6-16)7-10-13-12(14-19-10)9-1-2-9/h9H,1-8H2,(H,17,18). The van der Waals surface area contributed by atoms with Gasteiger partial charge < -0.3 is 9.63 Å². The van der Waals surface area contributed by atoms with Crippen LogP contribution in [0, 0.1) is 0 Å². The number of hydrogen-bond donors (Lipinski definition) is 1. The van der Waals surface area contributed by atoms with Gasteiger partial charge in [-0.05, 0) is 12.8 Å². The molecule has 3 rings (SSSR count). The van der Waals surface area contributed by atoms with Gasteiger partial charge in [0, 0.05) is 32.1 Å². The van der Waals surface area contributed by atoms with Gasteiger partial charge >= 0.3 is 5.97 Å². The van der Waals surface area contributed by atoms with Crippen molar-refractivity contribution in [2.24, 2.45) is 0 Å². The molecule has 1 aromatic rings. The highest BCUT2D eigenvalue weighted by atomic mass is 16.5. The van der Waals surface area contributed by atoms with E-state index < -0.39 is 5.97 Å². The van der Waals surface area contributed by atoms with Crippen molar-refractivity contribution in [3.8, 4) is 0 Å². The zero-order chi connectivity index (χ0) is 13.2. The summed E-state index contributed by atoms with van der Waals surface area (Å²) < 4.78 is 5.25. The van der Waals surface area contributed by atoms with Crippen molar-refractivity contribution in [3.63, 3.8) is 0 Å². The molecule has 7 heteroatoms. The Balaban J connectivity index is 1.47. The van der Waals surface area contributed by atoms with E-state index in [1.807, 2.05) is 4.90 Å². The van der Waals surface area contributed by atoms with E-state index >= 15 is 0 Å². The van der Waals surface area contributed by atoms with Crippen LogP contribution >= 0.6 is 0 Å². The van der Waals surface area contributed by atoms with E-state index in [2.05, 4.69) is 15.0 Å². The summed E-state index contributed by atoms with van der Waals surface area (Å²) in [6, 6.07) is 0. The maximum Gasteiger partial charge on any atom is 0.317 e. The highest BCUT2D eigenvalue weighted by Crippen LogP contribution is 2.38. The van der Waals surface area contributed by atoms with E-state index in [9.17, 15) is 4.79 Å². The highest BCUT2D eigenvalue weighted by Gasteiger charge is 2.29. The molecule has 1 saturated heterocycles. The summed E-state index contributed by atoms with van der Waals surface area (Å²) in [5, 5.41) is 12.7. The molecule has 0 aromatic carbocycles. The molecule has 0 radical (unpaired) electrons. The lowest BCUT2D eigenvalue weighted by Crippen LogP contribution is -2.47. The van der Waals surface area contributed by atoms with Gasteiger partial charge in [0.25, 0.3) is 0 Å². The number of hydrogen-bond acceptors (Lipinski definition) is 6. The van der Waals surface area contributed by atoms with Crippen LogP contribution in [0.15, 0.2) is 4.52 Å². The Labute approximate surface area is 111 Å². The second-order valence-electron chi connectivity index (χ2n) is 5.27. The van der Waals surface area contributed by atoms with Crippen LogP contribution < -0.4 is 0 Å². The van der Waals surface area contributed by atoms with Crippen molar-refractivity contribution in [3.05, 3.63) is 11.7 Å². The summed E-state index contributed by atoms with van der Waals surface area (Å²) in [4.78, 5) is 19.2. The van der Waals surface area contributed by atoms with Crippen LogP contribution in [0.3, 0.4) is 0 Å². The summed E-state index contributed by atoms with van der Waals surface area (Å²) in [6.07, 6.45) is 2.35. The fourth-order valence-corrected chi connectivity index (χ4v) is 2.33. The highest BCUT2D eigenvalue weighted by molar-refractivity contribution is 5.69. The fraction of sp³-hybridized carbons (Fsp3) is 0.750. The minimum absolute atomic E-state index is 0.125. The summed E-state index contributed by atoms with van der Waals surface area (Å²) in [6.45, 7) is 4.02. The minimum atomic E-state index is -0.764. The van der Waals surface area contributed by atoms with Crippen molar-refractivity contribution >= 4 is 5.97 Å². The quantitative estimate of drug-likeness (QED) is 0.812. The SMILES string of the molecule is O=C(O)CN1CCN(Cc2nc(C3CC3)no2)CC1. The van der Waals surface area contributed by atoms with Gasteiger partial charge in [0.2, 0.25) is 5.89 Å². The van der Waals surface area contributed by atoms with Crippen LogP contribution in [-0.4, -0.2) is 63.7 Å². The van der Waals surface area contributed by atoms with Gasteiger partial charge in [0.05, 0.1) is 13.1 Å². The molecule has 1 aliphatic heterocycles. The number of carboxylic acid groups (broad SMARTS) is 1. The minimum Gasteiger partial charge on any atom is -0.480 e. The van der Waals surface area contributed by atoms with E-state index in [1.165, 1.54) is 12.8 Å². The summed E-state index contributed by atoms with van der Waals surface area (Å²) in [5.41, 5.74) is 0. The first kappa shape index (κ1) is 12.6. The van der Waals surface area contributed by atoms with Gasteiger partial charge in [-0.25, -0.2) is 0 Å². The first-order valence-corrected chi connectivity index (χ1v) is 6.69. The molecule has 1 N–H and O–H groups in total. The third kappa shape index (κ3) is 3.30. The molecule has 19 heavy (non-hydrogen) atoms. The fourth-order valence-electron chi connectivity index (χ4n) is 2.33. The Bertz CT molecular complexity index is 450. The number of aliphatic carboxylic acids is 1. The number of carbonyl (C=O) groups is 1. The molecule has 2 heterocycles. The smallest absolute Gasteiger partial charge is 0.317 e. The zero-order valence-electron chi connectivity index (χ0n) is 10.8. The maximum atomic E-state index is 10.6. The van der Waals surface area contributed by atoms with Crippen LogP contribution in [-0.2, 0) is 11.3 Å². The number of nitrogens with zero attached hydrogens (tertiary/aromatic N) is 4. The number of piperazine rings is 1. The second kappa shape index (κ2) is 5.26. The molecule has 7 nitrogen and oxygen atoms in total.